The molecule has 0 bridgehead atoms. The molecule has 0 N–H and O–H groups in total. The molecule has 0 fully saturated rings. The Morgan fingerprint density at radius 2 is 0.328 bits per heavy atom. The third kappa shape index (κ3) is 73.7. The molecule has 0 saturated heterocycles. The predicted molar refractivity (Wildman–Crippen MR) is 390 cm³/mol. The minimum atomic E-state index is -10.7. The van der Waals surface area contributed by atoms with E-state index in [4.69, 9.17) is 37.2 Å². The average molecular weight is 2240 g/mol. The number of hydrogen-bond donors (Lipinski definition) is 0. The van der Waals surface area contributed by atoms with Crippen molar-refractivity contribution in [2.24, 2.45) is 0 Å². The molecule has 3 radical (unpaired) electrons. The van der Waals surface area contributed by atoms with Crippen LogP contribution in [0.5, 0.6) is 0 Å². The van der Waals surface area contributed by atoms with E-state index in [9.17, 15) is 75.5 Å². The van der Waals surface area contributed by atoms with Crippen LogP contribution in [0.4, 0.5) is 75.5 Å². The van der Waals surface area contributed by atoms with Crippen LogP contribution in [0.15, 0.2) is 317 Å². The molecule has 0 aliphatic carbocycles. The van der Waals surface area contributed by atoms with E-state index in [1.807, 2.05) is 133 Å². The second-order valence-electron chi connectivity index (χ2n) is 19.3. The van der Waals surface area contributed by atoms with Gasteiger partial charge < -0.3 is 0 Å². The van der Waals surface area contributed by atoms with Crippen molar-refractivity contribution < 1.29 is 174 Å². The minimum absolute atomic E-state index is 0. The van der Waals surface area contributed by atoms with Gasteiger partial charge in [-0.1, -0.05) is 158 Å². The molecule has 4 aromatic carbocycles. The molecule has 12 rings (SSSR count). The Labute approximate surface area is 697 Å². The Morgan fingerprint density at radius 1 is 0.198 bits per heavy atom. The van der Waals surface area contributed by atoms with Crippen molar-refractivity contribution in [1.82, 2.24) is 39.9 Å². The minimum Gasteiger partial charge on any atom is -0.265 e. The van der Waals surface area contributed by atoms with Crippen LogP contribution in [0.1, 0.15) is 0 Å². The molecule has 8 aromatic heterocycles. The SMILES string of the molecule is F[P-](F)(F)(F)(F)F.F[P-](F)(F)(F)(F)F.F[P-](F)(F)(F)(F)F.[C-]#[O+].[C-]#[O+].[C-]#[O+].[C-]#[O+].[C-]#[O+].[C-]#[O+].[C-]#[O+].[C-]#[O+].[Re].[Re].[Re].c1cc(-c2ccncc2)ccn1.c1ccc(-c2ccccn2)nc1.c1ccc(-c2ccccn2)nc1.c1ccc(-c2ccccn2)nc1.c1ccc(P(CCP(c2ccccc2)c2ccccc2)c2ccccc2)cc1. The Morgan fingerprint density at radius 3 is 0.448 bits per heavy atom. The van der Waals surface area contributed by atoms with Crippen LogP contribution in [0, 0.1) is 53.2 Å². The van der Waals surface area contributed by atoms with E-state index >= 15 is 0 Å². The number of benzene rings is 4. The fraction of sp³-hybridized carbons (Fsp3) is 0.0270. The fourth-order valence-electron chi connectivity index (χ4n) is 7.62. The van der Waals surface area contributed by atoms with Gasteiger partial charge in [-0.3, -0.25) is 39.9 Å². The van der Waals surface area contributed by atoms with Gasteiger partial charge in [0.15, 0.2) is 0 Å². The summed E-state index contributed by atoms with van der Waals surface area (Å²) in [7, 11) is -32.7. The maximum absolute atomic E-state index is 10.7. The van der Waals surface area contributed by atoms with Crippen molar-refractivity contribution in [2.45, 2.75) is 0 Å². The summed E-state index contributed by atoms with van der Waals surface area (Å²) in [4.78, 5) is 33.0. The fourth-order valence-corrected chi connectivity index (χ4v) is 13.0. The van der Waals surface area contributed by atoms with Gasteiger partial charge in [0.05, 0.1) is 34.2 Å². The zero-order valence-corrected chi connectivity index (χ0v) is 71.1. The first kappa shape index (κ1) is 120. The number of hydrogen-bond acceptors (Lipinski definition) is 8. The van der Waals surface area contributed by atoms with E-state index in [0.717, 1.165) is 34.2 Å². The van der Waals surface area contributed by atoms with Gasteiger partial charge in [-0.05, 0) is 158 Å². The van der Waals surface area contributed by atoms with E-state index < -0.39 is 23.4 Å². The molecule has 8 heterocycles. The van der Waals surface area contributed by atoms with Crippen LogP contribution < -0.4 is 21.2 Å². The molecule has 42 heteroatoms. The van der Waals surface area contributed by atoms with Crippen LogP contribution >= 0.6 is 39.3 Å². The summed E-state index contributed by atoms with van der Waals surface area (Å²) < 4.78 is 238. The van der Waals surface area contributed by atoms with Gasteiger partial charge in [-0.2, -0.15) is 0 Å². The van der Waals surface area contributed by atoms with E-state index in [1.54, 1.807) is 62.0 Å². The van der Waals surface area contributed by atoms with Crippen LogP contribution in [0.2, 0.25) is 0 Å². The second-order valence-corrected chi connectivity index (χ2v) is 29.7. The maximum Gasteiger partial charge on any atom is 0.0886 e. The Bertz CT molecular complexity index is 3860. The monoisotopic (exact) mass is 2240 g/mol. The molecule has 0 spiro atoms. The van der Waals surface area contributed by atoms with Crippen molar-refractivity contribution in [3.05, 3.63) is 370 Å². The molecular weight excluding hydrogens is 2180 g/mol. The van der Waals surface area contributed by atoms with Gasteiger partial charge in [-0.15, -0.1) is 0 Å². The second kappa shape index (κ2) is 59.5. The van der Waals surface area contributed by atoms with E-state index in [2.05, 4.69) is 214 Å². The first-order valence-electron chi connectivity index (χ1n) is 29.5. The zero-order chi connectivity index (χ0) is 87.1. The molecule has 0 unspecified atom stereocenters. The molecule has 615 valence electrons. The first-order chi connectivity index (χ1) is 53.1. The largest absolute Gasteiger partial charge is 0.265 e. The number of rotatable bonds is 11. The normalized spacial score (nSPS) is 11.0. The summed E-state index contributed by atoms with van der Waals surface area (Å²) in [6.07, 6.45) is 20.2. The van der Waals surface area contributed by atoms with Crippen molar-refractivity contribution >= 4 is 60.5 Å². The first-order valence-corrected chi connectivity index (χ1v) is 38.6. The molecule has 16 nitrogen and oxygen atoms in total. The molecule has 0 amide bonds. The molecule has 0 saturated carbocycles. The third-order valence-electron chi connectivity index (χ3n) is 11.3. The molecule has 12 aromatic rings. The van der Waals surface area contributed by atoms with Crippen LogP contribution in [0.25, 0.3) is 45.3 Å². The van der Waals surface area contributed by atoms with Crippen molar-refractivity contribution in [3.8, 4) is 45.3 Å². The van der Waals surface area contributed by atoms with Crippen LogP contribution in [-0.4, -0.2) is 52.2 Å². The number of pyridine rings is 8. The molecule has 0 aliphatic heterocycles. The van der Waals surface area contributed by atoms with Gasteiger partial charge in [0.2, 0.25) is 0 Å². The summed E-state index contributed by atoms with van der Waals surface area (Å²) in [6, 6.07) is 86.9. The van der Waals surface area contributed by atoms with Gasteiger partial charge in [-0.25, -0.2) is 0 Å². The zero-order valence-electron chi connectivity index (χ0n) is 58.5. The van der Waals surface area contributed by atoms with Gasteiger partial charge >= 0.3 is 189 Å². The van der Waals surface area contributed by atoms with E-state index in [0.29, 0.717) is 0 Å². The standard InChI is InChI=1S/C26H24P2.4C10H8N2.8CO.3F6P.3Re/c1-5-13-23(14-6-1)27(24-15-7-2-8-16-24)21-22-28(25-17-9-3-10-18-25)26-19-11-4-12-20-26;1-5-11-6-2-9(1)10-3-7-12-8-4-10;3*1-3-7-11-9(5-1)10-6-2-4-8-12-10;8*1-2;3*1-7(2,3,4,5)6;;;/h1-20H,21-22H2;4*1-8H;;;;;;;;;;;;;;/q;;;;;;;;;;;;;3*-1;;;. The summed E-state index contributed by atoms with van der Waals surface area (Å²) in [5, 5.41) is 5.89. The van der Waals surface area contributed by atoms with Crippen molar-refractivity contribution in [3.63, 3.8) is 0 Å². The number of aromatic nitrogens is 8. The maximum atomic E-state index is 9.87. The van der Waals surface area contributed by atoms with E-state index in [1.165, 1.54) is 44.7 Å². The topological polar surface area (TPSA) is 262 Å². The van der Waals surface area contributed by atoms with E-state index in [-0.39, 0.29) is 77.1 Å². The average Bonchev–Trinajstić information content (AvgIpc) is 0.798. The quantitative estimate of drug-likeness (QED) is 0.0519. The number of halogens is 18. The van der Waals surface area contributed by atoms with Crippen LogP contribution in [0.3, 0.4) is 0 Å². The summed E-state index contributed by atoms with van der Waals surface area (Å²) in [6.45, 7) is 36.0. The van der Waals surface area contributed by atoms with Gasteiger partial charge in [0.25, 0.3) is 0 Å². The smallest absolute Gasteiger partial charge is 0.0886 e. The summed E-state index contributed by atoms with van der Waals surface area (Å²) in [5.74, 6) is 0. The van der Waals surface area contributed by atoms with Crippen molar-refractivity contribution in [2.75, 3.05) is 12.3 Å². The summed E-state index contributed by atoms with van der Waals surface area (Å²) in [5.41, 5.74) is 7.84. The van der Waals surface area contributed by atoms with Crippen LogP contribution in [-0.2, 0) is 98.5 Å². The molecular formula is C74H56F18N8O8P5Re3-3. The third-order valence-corrected chi connectivity index (χ3v) is 16.7. The Balaban J connectivity index is -0.000000237. The summed E-state index contributed by atoms with van der Waals surface area (Å²) >= 11 is 0. The molecule has 0 atom stereocenters. The molecule has 0 aliphatic rings. The number of nitrogens with zero attached hydrogens (tertiary/aromatic N) is 8. The van der Waals surface area contributed by atoms with Gasteiger partial charge in [0.1, 0.15) is 0 Å². The predicted octanol–water partition coefficient (Wildman–Crippen LogP) is 23.7. The van der Waals surface area contributed by atoms with Crippen molar-refractivity contribution in [1.29, 1.82) is 0 Å². The van der Waals surface area contributed by atoms with Gasteiger partial charge in [0, 0.05) is 123 Å². The Kier molecular flexibility index (Phi) is 61.6. The molecule has 116 heavy (non-hydrogen) atoms. The Hall–Kier alpha value is -9.12.